The molecular formula is C20H16F3NO4S. The molecule has 0 bridgehead atoms. The maximum absolute atomic E-state index is 12.6. The number of ether oxygens (including phenoxy) is 1. The normalized spacial score (nSPS) is 12.7. The summed E-state index contributed by atoms with van der Waals surface area (Å²) >= 11 is 1.07. The lowest BCUT2D eigenvalue weighted by atomic mass is 9.95. The third-order valence-corrected chi connectivity index (χ3v) is 5.48. The molecule has 29 heavy (non-hydrogen) atoms. The summed E-state index contributed by atoms with van der Waals surface area (Å²) in [7, 11) is 0. The highest BCUT2D eigenvalue weighted by Crippen LogP contribution is 2.41. The summed E-state index contributed by atoms with van der Waals surface area (Å²) in [4.78, 5) is 23.3. The molecule has 0 aliphatic rings. The molecule has 0 spiro atoms. The Morgan fingerprint density at radius 1 is 1.21 bits per heavy atom. The molecule has 0 fully saturated rings. The molecule has 3 N–H and O–H groups in total. The number of rotatable bonds is 6. The molecule has 0 aliphatic carbocycles. The first kappa shape index (κ1) is 20.7. The Hall–Kier alpha value is -3.07. The molecule has 3 rings (SSSR count). The van der Waals surface area contributed by atoms with Crippen LogP contribution in [0.3, 0.4) is 0 Å². The van der Waals surface area contributed by atoms with Crippen molar-refractivity contribution >= 4 is 33.3 Å². The van der Waals surface area contributed by atoms with Crippen LogP contribution < -0.4 is 10.5 Å². The minimum absolute atomic E-state index is 0.201. The number of carboxylic acid groups (broad SMARTS) is 1. The van der Waals surface area contributed by atoms with Crippen molar-refractivity contribution in [3.63, 3.8) is 0 Å². The van der Waals surface area contributed by atoms with Crippen molar-refractivity contribution in [3.05, 3.63) is 52.9 Å². The van der Waals surface area contributed by atoms with Gasteiger partial charge in [0.15, 0.2) is 0 Å². The second-order valence-electron chi connectivity index (χ2n) is 6.52. The quantitative estimate of drug-likeness (QED) is 0.594. The van der Waals surface area contributed by atoms with Gasteiger partial charge in [0, 0.05) is 15.6 Å². The van der Waals surface area contributed by atoms with E-state index in [4.69, 9.17) is 10.8 Å². The van der Waals surface area contributed by atoms with Gasteiger partial charge in [-0.15, -0.1) is 24.5 Å². The summed E-state index contributed by atoms with van der Waals surface area (Å²) in [6.45, 7) is 1.57. The summed E-state index contributed by atoms with van der Waals surface area (Å²) in [6.07, 6.45) is -4.58. The van der Waals surface area contributed by atoms with E-state index in [1.807, 2.05) is 0 Å². The number of carboxylic acids is 1. The molecule has 1 atom stereocenters. The van der Waals surface area contributed by atoms with Crippen LogP contribution in [0.5, 0.6) is 5.75 Å². The summed E-state index contributed by atoms with van der Waals surface area (Å²) in [5, 5.41) is 9.51. The second kappa shape index (κ2) is 7.75. The maximum Gasteiger partial charge on any atom is 0.573 e. The van der Waals surface area contributed by atoms with E-state index in [0.717, 1.165) is 16.9 Å². The molecule has 1 amide bonds. The highest BCUT2D eigenvalue weighted by Gasteiger charge is 2.31. The molecule has 1 aromatic heterocycles. The van der Waals surface area contributed by atoms with Crippen molar-refractivity contribution in [1.29, 1.82) is 0 Å². The van der Waals surface area contributed by atoms with E-state index in [0.29, 0.717) is 21.2 Å². The van der Waals surface area contributed by atoms with Crippen molar-refractivity contribution < 1.29 is 32.6 Å². The third kappa shape index (κ3) is 4.68. The van der Waals surface area contributed by atoms with Crippen molar-refractivity contribution in [2.45, 2.75) is 19.7 Å². The highest BCUT2D eigenvalue weighted by atomic mass is 32.1. The zero-order chi connectivity index (χ0) is 21.3. The van der Waals surface area contributed by atoms with Gasteiger partial charge in [-0.05, 0) is 35.7 Å². The van der Waals surface area contributed by atoms with E-state index in [1.54, 1.807) is 31.2 Å². The van der Waals surface area contributed by atoms with Crippen molar-refractivity contribution in [1.82, 2.24) is 0 Å². The zero-order valence-corrected chi connectivity index (χ0v) is 15.9. The largest absolute Gasteiger partial charge is 0.573 e. The molecule has 0 radical (unpaired) electrons. The lowest BCUT2D eigenvalue weighted by Crippen LogP contribution is -2.16. The van der Waals surface area contributed by atoms with E-state index in [2.05, 4.69) is 4.74 Å². The van der Waals surface area contributed by atoms with Gasteiger partial charge >= 0.3 is 12.3 Å². The van der Waals surface area contributed by atoms with Gasteiger partial charge in [-0.1, -0.05) is 31.2 Å². The number of fused-ring (bicyclic) bond motifs is 1. The Balaban J connectivity index is 2.14. The lowest BCUT2D eigenvalue weighted by Gasteiger charge is -2.11. The van der Waals surface area contributed by atoms with Crippen molar-refractivity contribution in [2.24, 2.45) is 11.7 Å². The number of hydrogen-bond donors (Lipinski definition) is 2. The van der Waals surface area contributed by atoms with Gasteiger partial charge in [0.2, 0.25) is 0 Å². The highest BCUT2D eigenvalue weighted by molar-refractivity contribution is 7.21. The second-order valence-corrected chi connectivity index (χ2v) is 7.57. The van der Waals surface area contributed by atoms with Gasteiger partial charge in [-0.2, -0.15) is 0 Å². The van der Waals surface area contributed by atoms with Crippen LogP contribution in [0.15, 0.2) is 42.5 Å². The number of nitrogens with two attached hydrogens (primary N) is 1. The fourth-order valence-electron chi connectivity index (χ4n) is 3.03. The van der Waals surface area contributed by atoms with E-state index < -0.39 is 29.9 Å². The van der Waals surface area contributed by atoms with Crippen molar-refractivity contribution in [3.8, 4) is 16.9 Å². The van der Waals surface area contributed by atoms with Crippen LogP contribution in [0.2, 0.25) is 0 Å². The topological polar surface area (TPSA) is 89.6 Å². The smallest absolute Gasteiger partial charge is 0.481 e. The number of hydrogen-bond acceptors (Lipinski definition) is 4. The van der Waals surface area contributed by atoms with Gasteiger partial charge in [-0.25, -0.2) is 0 Å². The molecule has 152 valence electrons. The average Bonchev–Trinajstić information content (AvgIpc) is 2.99. The fraction of sp³-hybridized carbons (Fsp3) is 0.200. The predicted octanol–water partition coefficient (Wildman–Crippen LogP) is 4.83. The number of thiophene rings is 1. The Bertz CT molecular complexity index is 1090. The van der Waals surface area contributed by atoms with E-state index >= 15 is 0 Å². The molecule has 1 heterocycles. The van der Waals surface area contributed by atoms with Gasteiger partial charge in [-0.3, -0.25) is 9.59 Å². The standard InChI is InChI=1S/C20H16F3NO4S/c1-10(19(26)27)7-11-3-2-4-12(8-11)16-14-9-13(28-20(21,22)23)5-6-15(14)29-17(16)18(24)25/h2-6,8-10H,7H2,1H3,(H2,24,25)(H,26,27). The number of amides is 1. The van der Waals surface area contributed by atoms with Crippen LogP contribution in [-0.4, -0.2) is 23.3 Å². The van der Waals surface area contributed by atoms with Crippen LogP contribution in [0, 0.1) is 5.92 Å². The molecule has 0 saturated carbocycles. The van der Waals surface area contributed by atoms with Crippen LogP contribution in [0.25, 0.3) is 21.2 Å². The number of carbonyl (C=O) groups is 2. The Kier molecular flexibility index (Phi) is 5.52. The predicted molar refractivity (Wildman–Crippen MR) is 103 cm³/mol. The number of carbonyl (C=O) groups excluding carboxylic acids is 1. The molecular weight excluding hydrogens is 407 g/mol. The average molecular weight is 423 g/mol. The SMILES string of the molecule is CC(Cc1cccc(-c2c(C(N)=O)sc3ccc(OC(F)(F)F)cc23)c1)C(=O)O. The minimum atomic E-state index is -4.84. The van der Waals surface area contributed by atoms with Crippen molar-refractivity contribution in [2.75, 3.05) is 0 Å². The summed E-state index contributed by atoms with van der Waals surface area (Å²) in [6, 6.07) is 10.7. The summed E-state index contributed by atoms with van der Waals surface area (Å²) in [5.41, 5.74) is 7.17. The van der Waals surface area contributed by atoms with Crippen LogP contribution in [0.4, 0.5) is 13.2 Å². The molecule has 0 aliphatic heterocycles. The van der Waals surface area contributed by atoms with Crippen LogP contribution in [0.1, 0.15) is 22.2 Å². The summed E-state index contributed by atoms with van der Waals surface area (Å²) < 4.78 is 42.4. The minimum Gasteiger partial charge on any atom is -0.481 e. The number of halogens is 3. The number of benzene rings is 2. The first-order valence-corrected chi connectivity index (χ1v) is 9.31. The van der Waals surface area contributed by atoms with Gasteiger partial charge in [0.1, 0.15) is 10.6 Å². The summed E-state index contributed by atoms with van der Waals surface area (Å²) in [5.74, 6) is -2.67. The first-order chi connectivity index (χ1) is 13.5. The van der Waals surface area contributed by atoms with Gasteiger partial charge in [0.25, 0.3) is 5.91 Å². The number of primary amides is 1. The fourth-order valence-corrected chi connectivity index (χ4v) is 4.09. The molecule has 5 nitrogen and oxygen atoms in total. The maximum atomic E-state index is 12.6. The molecule has 3 aromatic rings. The van der Waals surface area contributed by atoms with Gasteiger partial charge in [0.05, 0.1) is 5.92 Å². The third-order valence-electron chi connectivity index (χ3n) is 4.30. The number of alkyl halides is 3. The van der Waals surface area contributed by atoms with Crippen LogP contribution >= 0.6 is 11.3 Å². The molecule has 1 unspecified atom stereocenters. The molecule has 9 heteroatoms. The Morgan fingerprint density at radius 2 is 1.93 bits per heavy atom. The van der Waals surface area contributed by atoms with Gasteiger partial charge < -0.3 is 15.6 Å². The first-order valence-electron chi connectivity index (χ1n) is 8.49. The zero-order valence-electron chi connectivity index (χ0n) is 15.1. The Labute approximate surface area is 167 Å². The van der Waals surface area contributed by atoms with E-state index in [1.165, 1.54) is 18.2 Å². The number of aliphatic carboxylic acids is 1. The molecule has 2 aromatic carbocycles. The van der Waals surface area contributed by atoms with E-state index in [-0.39, 0.29) is 11.3 Å². The van der Waals surface area contributed by atoms with Crippen LogP contribution in [-0.2, 0) is 11.2 Å². The molecule has 0 saturated heterocycles. The Morgan fingerprint density at radius 3 is 2.55 bits per heavy atom. The monoisotopic (exact) mass is 423 g/mol. The lowest BCUT2D eigenvalue weighted by molar-refractivity contribution is -0.274. The van der Waals surface area contributed by atoms with E-state index in [9.17, 15) is 22.8 Å².